The molecular formula is C24H21N3O3. The number of methoxy groups -OCH3 is 1. The Balaban J connectivity index is 1.53. The van der Waals surface area contributed by atoms with Crippen LogP contribution in [0.4, 0.5) is 5.69 Å². The van der Waals surface area contributed by atoms with Crippen LogP contribution in [0, 0.1) is 13.8 Å². The van der Waals surface area contributed by atoms with Crippen LogP contribution in [-0.4, -0.2) is 23.2 Å². The zero-order valence-corrected chi connectivity index (χ0v) is 17.0. The van der Waals surface area contributed by atoms with Crippen molar-refractivity contribution in [3.63, 3.8) is 0 Å². The van der Waals surface area contributed by atoms with Crippen LogP contribution >= 0.6 is 0 Å². The molecule has 0 aliphatic carbocycles. The van der Waals surface area contributed by atoms with Gasteiger partial charge in [0, 0.05) is 16.7 Å². The molecule has 1 amide bonds. The first-order valence-corrected chi connectivity index (χ1v) is 9.51. The third kappa shape index (κ3) is 3.93. The number of nitrogens with zero attached hydrogens (tertiary/aromatic N) is 2. The molecule has 0 saturated heterocycles. The molecular weight excluding hydrogens is 378 g/mol. The Morgan fingerprint density at radius 1 is 0.933 bits per heavy atom. The molecule has 30 heavy (non-hydrogen) atoms. The molecule has 0 unspecified atom stereocenters. The van der Waals surface area contributed by atoms with Gasteiger partial charge in [0.05, 0.1) is 12.8 Å². The Morgan fingerprint density at radius 3 is 2.40 bits per heavy atom. The number of hydrogen-bond donors (Lipinski definition) is 1. The SMILES string of the molecule is COc1ccc(C)cc1NC(=O)c1ccc(-c2nnc(-c3ccccc3C)o2)cc1. The summed E-state index contributed by atoms with van der Waals surface area (Å²) < 4.78 is 11.2. The van der Waals surface area contributed by atoms with Crippen LogP contribution < -0.4 is 10.1 Å². The van der Waals surface area contributed by atoms with Crippen LogP contribution in [0.5, 0.6) is 5.75 Å². The van der Waals surface area contributed by atoms with Crippen molar-refractivity contribution in [1.29, 1.82) is 0 Å². The Bertz CT molecular complexity index is 1200. The minimum atomic E-state index is -0.225. The van der Waals surface area contributed by atoms with E-state index >= 15 is 0 Å². The highest BCUT2D eigenvalue weighted by molar-refractivity contribution is 6.05. The molecule has 0 fully saturated rings. The van der Waals surface area contributed by atoms with E-state index in [0.29, 0.717) is 28.8 Å². The highest BCUT2D eigenvalue weighted by atomic mass is 16.5. The van der Waals surface area contributed by atoms with Gasteiger partial charge in [-0.05, 0) is 67.4 Å². The summed E-state index contributed by atoms with van der Waals surface area (Å²) in [6.07, 6.45) is 0. The third-order valence-corrected chi connectivity index (χ3v) is 4.80. The first kappa shape index (κ1) is 19.4. The fourth-order valence-electron chi connectivity index (χ4n) is 3.14. The molecule has 3 aromatic carbocycles. The van der Waals surface area contributed by atoms with Gasteiger partial charge in [0.15, 0.2) is 0 Å². The molecule has 6 nitrogen and oxygen atoms in total. The number of benzene rings is 3. The highest BCUT2D eigenvalue weighted by Gasteiger charge is 2.14. The van der Waals surface area contributed by atoms with Crippen molar-refractivity contribution in [3.05, 3.63) is 83.4 Å². The van der Waals surface area contributed by atoms with Crippen molar-refractivity contribution in [2.75, 3.05) is 12.4 Å². The summed E-state index contributed by atoms with van der Waals surface area (Å²) in [5, 5.41) is 11.2. The lowest BCUT2D eigenvalue weighted by Crippen LogP contribution is -2.12. The molecule has 0 atom stereocenters. The molecule has 0 aliphatic rings. The number of carbonyl (C=O) groups is 1. The van der Waals surface area contributed by atoms with Gasteiger partial charge in [-0.15, -0.1) is 10.2 Å². The molecule has 6 heteroatoms. The maximum absolute atomic E-state index is 12.6. The average Bonchev–Trinajstić information content (AvgIpc) is 3.24. The van der Waals surface area contributed by atoms with E-state index in [1.54, 1.807) is 31.4 Å². The molecule has 0 saturated carbocycles. The maximum atomic E-state index is 12.6. The van der Waals surface area contributed by atoms with E-state index in [1.807, 2.05) is 56.3 Å². The Morgan fingerprint density at radius 2 is 1.67 bits per heavy atom. The molecule has 0 bridgehead atoms. The van der Waals surface area contributed by atoms with Crippen molar-refractivity contribution < 1.29 is 13.9 Å². The van der Waals surface area contributed by atoms with Gasteiger partial charge in [0.1, 0.15) is 5.75 Å². The predicted molar refractivity (Wildman–Crippen MR) is 116 cm³/mol. The summed E-state index contributed by atoms with van der Waals surface area (Å²) in [5.41, 5.74) is 4.88. The molecule has 4 rings (SSSR count). The van der Waals surface area contributed by atoms with Gasteiger partial charge in [0.25, 0.3) is 5.91 Å². The second-order valence-electron chi connectivity index (χ2n) is 6.96. The van der Waals surface area contributed by atoms with Crippen LogP contribution in [0.2, 0.25) is 0 Å². The van der Waals surface area contributed by atoms with Gasteiger partial charge in [-0.1, -0.05) is 24.3 Å². The van der Waals surface area contributed by atoms with E-state index in [9.17, 15) is 4.79 Å². The molecule has 0 aliphatic heterocycles. The fraction of sp³-hybridized carbons (Fsp3) is 0.125. The summed E-state index contributed by atoms with van der Waals surface area (Å²) in [6.45, 7) is 3.95. The van der Waals surface area contributed by atoms with Crippen LogP contribution in [0.15, 0.2) is 71.1 Å². The summed E-state index contributed by atoms with van der Waals surface area (Å²) >= 11 is 0. The maximum Gasteiger partial charge on any atom is 0.255 e. The standard InChI is InChI=1S/C24H21N3O3/c1-15-8-13-21(29-3)20(14-15)25-22(28)17-9-11-18(12-10-17)23-26-27-24(30-23)19-7-5-4-6-16(19)2/h4-14H,1-3H3,(H,25,28). The van der Waals surface area contributed by atoms with Gasteiger partial charge < -0.3 is 14.5 Å². The Labute approximate surface area is 174 Å². The first-order chi connectivity index (χ1) is 14.5. The number of nitrogens with one attached hydrogen (secondary N) is 1. The minimum absolute atomic E-state index is 0.225. The molecule has 4 aromatic rings. The number of ether oxygens (including phenoxy) is 1. The van der Waals surface area contributed by atoms with Gasteiger partial charge >= 0.3 is 0 Å². The van der Waals surface area contributed by atoms with Crippen LogP contribution in [-0.2, 0) is 0 Å². The lowest BCUT2D eigenvalue weighted by atomic mass is 10.1. The normalized spacial score (nSPS) is 10.6. The van der Waals surface area contributed by atoms with Crippen LogP contribution in [0.3, 0.4) is 0 Å². The Kier molecular flexibility index (Phi) is 5.30. The fourth-order valence-corrected chi connectivity index (χ4v) is 3.14. The van der Waals surface area contributed by atoms with Crippen molar-refractivity contribution in [2.24, 2.45) is 0 Å². The van der Waals surface area contributed by atoms with E-state index < -0.39 is 0 Å². The van der Waals surface area contributed by atoms with Gasteiger partial charge in [-0.2, -0.15) is 0 Å². The second kappa shape index (κ2) is 8.21. The number of carbonyl (C=O) groups excluding carboxylic acids is 1. The summed E-state index contributed by atoms with van der Waals surface area (Å²) in [5.74, 6) is 1.26. The number of aromatic nitrogens is 2. The average molecular weight is 399 g/mol. The lowest BCUT2D eigenvalue weighted by molar-refractivity contribution is 0.102. The predicted octanol–water partition coefficient (Wildman–Crippen LogP) is 5.28. The molecule has 0 spiro atoms. The lowest BCUT2D eigenvalue weighted by Gasteiger charge is -2.11. The smallest absolute Gasteiger partial charge is 0.255 e. The van der Waals surface area contributed by atoms with E-state index in [4.69, 9.17) is 9.15 Å². The minimum Gasteiger partial charge on any atom is -0.495 e. The molecule has 1 aromatic heterocycles. The Hall–Kier alpha value is -3.93. The van der Waals surface area contributed by atoms with E-state index in [0.717, 1.165) is 22.3 Å². The topological polar surface area (TPSA) is 77.2 Å². The van der Waals surface area contributed by atoms with Crippen molar-refractivity contribution >= 4 is 11.6 Å². The van der Waals surface area contributed by atoms with E-state index in [2.05, 4.69) is 15.5 Å². The molecule has 1 heterocycles. The van der Waals surface area contributed by atoms with Crippen molar-refractivity contribution in [3.8, 4) is 28.7 Å². The number of aryl methyl sites for hydroxylation is 2. The molecule has 0 radical (unpaired) electrons. The zero-order valence-electron chi connectivity index (χ0n) is 17.0. The quantitative estimate of drug-likeness (QED) is 0.494. The van der Waals surface area contributed by atoms with Gasteiger partial charge in [0.2, 0.25) is 11.8 Å². The number of amides is 1. The number of anilines is 1. The van der Waals surface area contributed by atoms with Gasteiger partial charge in [-0.3, -0.25) is 4.79 Å². The van der Waals surface area contributed by atoms with Crippen molar-refractivity contribution in [2.45, 2.75) is 13.8 Å². The molecule has 150 valence electrons. The van der Waals surface area contributed by atoms with E-state index in [1.165, 1.54) is 0 Å². The van der Waals surface area contributed by atoms with E-state index in [-0.39, 0.29) is 5.91 Å². The highest BCUT2D eigenvalue weighted by Crippen LogP contribution is 2.28. The summed E-state index contributed by atoms with van der Waals surface area (Å²) in [6, 6.07) is 20.5. The van der Waals surface area contributed by atoms with Crippen LogP contribution in [0.1, 0.15) is 21.5 Å². The molecule has 1 N–H and O–H groups in total. The first-order valence-electron chi connectivity index (χ1n) is 9.51. The van der Waals surface area contributed by atoms with Gasteiger partial charge in [-0.25, -0.2) is 0 Å². The number of rotatable bonds is 5. The summed E-state index contributed by atoms with van der Waals surface area (Å²) in [4.78, 5) is 12.6. The van der Waals surface area contributed by atoms with Crippen LogP contribution in [0.25, 0.3) is 22.9 Å². The second-order valence-corrected chi connectivity index (χ2v) is 6.96. The third-order valence-electron chi connectivity index (χ3n) is 4.80. The number of hydrogen-bond acceptors (Lipinski definition) is 5. The monoisotopic (exact) mass is 399 g/mol. The van der Waals surface area contributed by atoms with Crippen molar-refractivity contribution in [1.82, 2.24) is 10.2 Å². The summed E-state index contributed by atoms with van der Waals surface area (Å²) in [7, 11) is 1.57. The largest absolute Gasteiger partial charge is 0.495 e. The zero-order chi connectivity index (χ0) is 21.1.